The number of benzene rings is 1. The van der Waals surface area contributed by atoms with E-state index in [1.807, 2.05) is 6.92 Å². The predicted molar refractivity (Wildman–Crippen MR) is 72.7 cm³/mol. The van der Waals surface area contributed by atoms with E-state index in [2.05, 4.69) is 10.0 Å². The van der Waals surface area contributed by atoms with E-state index in [0.29, 0.717) is 13.0 Å². The molecule has 1 atom stereocenters. The van der Waals surface area contributed by atoms with E-state index in [9.17, 15) is 9.90 Å². The van der Waals surface area contributed by atoms with Gasteiger partial charge in [-0.15, -0.1) is 0 Å². The summed E-state index contributed by atoms with van der Waals surface area (Å²) in [6.07, 6.45) is 0.670. The molecule has 1 rings (SSSR count). The molecule has 0 aliphatic rings. The Morgan fingerprint density at radius 2 is 2.11 bits per heavy atom. The number of rotatable bonds is 6. The van der Waals surface area contributed by atoms with Gasteiger partial charge in [-0.05, 0) is 36.6 Å². The lowest BCUT2D eigenvalue weighted by atomic mass is 10.0. The van der Waals surface area contributed by atoms with Crippen molar-refractivity contribution in [3.63, 3.8) is 0 Å². The maximum absolute atomic E-state index is 11.8. The fraction of sp³-hybridized carbons (Fsp3) is 0.462. The van der Waals surface area contributed by atoms with Crippen LogP contribution >= 0.6 is 0 Å². The van der Waals surface area contributed by atoms with E-state index in [1.165, 1.54) is 0 Å². The Hall–Kier alpha value is -2.20. The van der Waals surface area contributed by atoms with E-state index >= 15 is 0 Å². The average Bonchev–Trinajstić information content (AvgIpc) is 2.40. The molecule has 0 unspecified atom stereocenters. The highest BCUT2D eigenvalue weighted by Gasteiger charge is 2.15. The number of azide groups is 1. The molecular weight excluding hydrogens is 244 g/mol. The maximum Gasteiger partial charge on any atom is 0.222 e. The monoisotopic (exact) mass is 262 g/mol. The smallest absolute Gasteiger partial charge is 0.222 e. The highest BCUT2D eigenvalue weighted by atomic mass is 16.3. The number of carbonyl (C=O) groups excluding carboxylic acids is 1. The molecule has 19 heavy (non-hydrogen) atoms. The molecule has 0 radical (unpaired) electrons. The first kappa shape index (κ1) is 14.9. The molecule has 0 heterocycles. The highest BCUT2D eigenvalue weighted by molar-refractivity contribution is 5.76. The summed E-state index contributed by atoms with van der Waals surface area (Å²) in [5, 5.41) is 12.9. The first-order valence-corrected chi connectivity index (χ1v) is 6.13. The van der Waals surface area contributed by atoms with Crippen molar-refractivity contribution in [2.45, 2.75) is 25.8 Å². The van der Waals surface area contributed by atoms with Crippen LogP contribution in [0.1, 0.15) is 18.9 Å². The Labute approximate surface area is 112 Å². The topological polar surface area (TPSA) is 89.3 Å². The quantitative estimate of drug-likeness (QED) is 0.485. The Morgan fingerprint density at radius 3 is 2.63 bits per heavy atom. The summed E-state index contributed by atoms with van der Waals surface area (Å²) < 4.78 is 0. The lowest BCUT2D eigenvalue weighted by Crippen LogP contribution is -2.29. The third-order valence-corrected chi connectivity index (χ3v) is 2.93. The van der Waals surface area contributed by atoms with Crippen LogP contribution in [0.2, 0.25) is 0 Å². The van der Waals surface area contributed by atoms with Gasteiger partial charge >= 0.3 is 0 Å². The molecule has 0 aliphatic heterocycles. The predicted octanol–water partition coefficient (Wildman–Crippen LogP) is 2.48. The van der Waals surface area contributed by atoms with Gasteiger partial charge in [0, 0.05) is 24.9 Å². The standard InChI is InChI=1S/C13H18N4O2/c1-3-17(2)13(19)9-11(15-16-14)8-10-4-6-12(18)7-5-10/h4-7,11,18H,3,8-9H2,1-2H3/t11-/m0/s1. The summed E-state index contributed by atoms with van der Waals surface area (Å²) in [6, 6.07) is 6.24. The van der Waals surface area contributed by atoms with Gasteiger partial charge in [-0.2, -0.15) is 0 Å². The number of phenolic OH excluding ortho intramolecular Hbond substituents is 1. The summed E-state index contributed by atoms with van der Waals surface area (Å²) in [5.74, 6) is 0.143. The Balaban J connectivity index is 2.70. The van der Waals surface area contributed by atoms with Gasteiger partial charge in [0.05, 0.1) is 6.04 Å². The molecule has 0 saturated heterocycles. The first-order chi connectivity index (χ1) is 9.06. The fourth-order valence-electron chi connectivity index (χ4n) is 1.66. The van der Waals surface area contributed by atoms with Gasteiger partial charge in [-0.1, -0.05) is 17.2 Å². The largest absolute Gasteiger partial charge is 0.508 e. The molecule has 0 aromatic heterocycles. The molecule has 6 heteroatoms. The number of amides is 1. The zero-order chi connectivity index (χ0) is 14.3. The van der Waals surface area contributed by atoms with Crippen molar-refractivity contribution >= 4 is 5.91 Å². The van der Waals surface area contributed by atoms with E-state index in [0.717, 1.165) is 5.56 Å². The second kappa shape index (κ2) is 7.28. The molecule has 1 aromatic rings. The molecule has 0 saturated carbocycles. The number of carbonyl (C=O) groups is 1. The van der Waals surface area contributed by atoms with E-state index in [4.69, 9.17) is 5.53 Å². The lowest BCUT2D eigenvalue weighted by Gasteiger charge is -2.17. The van der Waals surface area contributed by atoms with Gasteiger partial charge in [0.1, 0.15) is 5.75 Å². The van der Waals surface area contributed by atoms with Crippen molar-refractivity contribution in [2.24, 2.45) is 5.11 Å². The van der Waals surface area contributed by atoms with Crippen LogP contribution in [0.4, 0.5) is 0 Å². The Kier molecular flexibility index (Phi) is 5.70. The molecular formula is C13H18N4O2. The third-order valence-electron chi connectivity index (χ3n) is 2.93. The minimum Gasteiger partial charge on any atom is -0.508 e. The van der Waals surface area contributed by atoms with Crippen molar-refractivity contribution in [2.75, 3.05) is 13.6 Å². The fourth-order valence-corrected chi connectivity index (χ4v) is 1.66. The molecule has 6 nitrogen and oxygen atoms in total. The van der Waals surface area contributed by atoms with Gasteiger partial charge in [0.15, 0.2) is 0 Å². The van der Waals surface area contributed by atoms with Gasteiger partial charge in [0.2, 0.25) is 5.91 Å². The second-order valence-electron chi connectivity index (χ2n) is 4.34. The SMILES string of the molecule is CCN(C)C(=O)C[C@H](Cc1ccc(O)cc1)N=[N+]=[N-]. The van der Waals surface area contributed by atoms with E-state index in [1.54, 1.807) is 36.2 Å². The summed E-state index contributed by atoms with van der Waals surface area (Å²) in [7, 11) is 1.72. The number of aromatic hydroxyl groups is 1. The van der Waals surface area contributed by atoms with Crippen LogP contribution in [0.15, 0.2) is 29.4 Å². The first-order valence-electron chi connectivity index (χ1n) is 6.13. The summed E-state index contributed by atoms with van der Waals surface area (Å²) >= 11 is 0. The van der Waals surface area contributed by atoms with Gasteiger partial charge < -0.3 is 10.0 Å². The van der Waals surface area contributed by atoms with E-state index < -0.39 is 6.04 Å². The summed E-state index contributed by atoms with van der Waals surface area (Å²) in [6.45, 7) is 2.52. The lowest BCUT2D eigenvalue weighted by molar-refractivity contribution is -0.130. The third kappa shape index (κ3) is 4.89. The van der Waals surface area contributed by atoms with Crippen LogP contribution in [0.25, 0.3) is 10.4 Å². The van der Waals surface area contributed by atoms with Crippen LogP contribution in [-0.2, 0) is 11.2 Å². The molecule has 102 valence electrons. The number of hydrogen-bond acceptors (Lipinski definition) is 3. The minimum atomic E-state index is -0.406. The molecule has 1 aromatic carbocycles. The zero-order valence-corrected chi connectivity index (χ0v) is 11.2. The highest BCUT2D eigenvalue weighted by Crippen LogP contribution is 2.14. The Morgan fingerprint density at radius 1 is 1.47 bits per heavy atom. The van der Waals surface area contributed by atoms with Crippen LogP contribution in [0, 0.1) is 0 Å². The summed E-state index contributed by atoms with van der Waals surface area (Å²) in [4.78, 5) is 16.2. The normalized spacial score (nSPS) is 11.5. The number of nitrogens with zero attached hydrogens (tertiary/aromatic N) is 4. The average molecular weight is 262 g/mol. The van der Waals surface area contributed by atoms with Crippen LogP contribution in [0.3, 0.4) is 0 Å². The molecule has 0 aliphatic carbocycles. The zero-order valence-electron chi connectivity index (χ0n) is 11.2. The van der Waals surface area contributed by atoms with E-state index in [-0.39, 0.29) is 18.1 Å². The molecule has 0 fully saturated rings. The Bertz CT molecular complexity index is 466. The van der Waals surface area contributed by atoms with Gasteiger partial charge in [0.25, 0.3) is 0 Å². The maximum atomic E-state index is 11.8. The van der Waals surface area contributed by atoms with Crippen molar-refractivity contribution in [3.05, 3.63) is 40.3 Å². The van der Waals surface area contributed by atoms with Crippen LogP contribution in [0.5, 0.6) is 5.75 Å². The second-order valence-corrected chi connectivity index (χ2v) is 4.34. The van der Waals surface area contributed by atoms with Crippen molar-refractivity contribution in [3.8, 4) is 5.75 Å². The minimum absolute atomic E-state index is 0.0429. The van der Waals surface area contributed by atoms with Gasteiger partial charge in [-0.3, -0.25) is 4.79 Å². The molecule has 1 amide bonds. The van der Waals surface area contributed by atoms with Crippen molar-refractivity contribution in [1.29, 1.82) is 0 Å². The molecule has 1 N–H and O–H groups in total. The van der Waals surface area contributed by atoms with Crippen molar-refractivity contribution < 1.29 is 9.90 Å². The van der Waals surface area contributed by atoms with Crippen molar-refractivity contribution in [1.82, 2.24) is 4.90 Å². The van der Waals surface area contributed by atoms with Crippen LogP contribution < -0.4 is 0 Å². The summed E-state index contributed by atoms with van der Waals surface area (Å²) in [5.41, 5.74) is 9.48. The van der Waals surface area contributed by atoms with Crippen LogP contribution in [-0.4, -0.2) is 35.5 Å². The number of phenols is 1. The van der Waals surface area contributed by atoms with Gasteiger partial charge in [-0.25, -0.2) is 0 Å². The molecule has 0 bridgehead atoms. The molecule has 0 spiro atoms. The number of hydrogen-bond donors (Lipinski definition) is 1.